The third-order valence-electron chi connectivity index (χ3n) is 2.59. The first-order valence-electron chi connectivity index (χ1n) is 5.82. The molecule has 0 aromatic heterocycles. The predicted octanol–water partition coefficient (Wildman–Crippen LogP) is 0.894. The summed E-state index contributed by atoms with van der Waals surface area (Å²) in [5, 5.41) is 20.4. The zero-order chi connectivity index (χ0) is 14.4. The Morgan fingerprint density at radius 2 is 1.95 bits per heavy atom. The van der Waals surface area contributed by atoms with Crippen molar-refractivity contribution in [2.45, 2.75) is 19.4 Å². The maximum atomic E-state index is 11.9. The van der Waals surface area contributed by atoms with E-state index in [0.717, 1.165) is 0 Å². The second-order valence-corrected chi connectivity index (χ2v) is 4.14. The third-order valence-corrected chi connectivity index (χ3v) is 2.59. The van der Waals surface area contributed by atoms with Crippen LogP contribution in [0.4, 0.5) is 0 Å². The molecule has 6 nitrogen and oxygen atoms in total. The maximum Gasteiger partial charge on any atom is 0.335 e. The predicted molar refractivity (Wildman–Crippen MR) is 68.6 cm³/mol. The van der Waals surface area contributed by atoms with E-state index in [1.165, 1.54) is 25.3 Å². The van der Waals surface area contributed by atoms with Crippen LogP contribution in [0.2, 0.25) is 0 Å². The lowest BCUT2D eigenvalue weighted by molar-refractivity contribution is 0.0696. The molecular weight excluding hydrogens is 250 g/mol. The Kier molecular flexibility index (Phi) is 5.32. The average molecular weight is 267 g/mol. The van der Waals surface area contributed by atoms with Gasteiger partial charge in [-0.1, -0.05) is 0 Å². The molecule has 0 heterocycles. The number of methoxy groups -OCH3 is 1. The first-order chi connectivity index (χ1) is 8.97. The Bertz CT molecular complexity index is 472. The molecule has 0 bridgehead atoms. The van der Waals surface area contributed by atoms with Crippen LogP contribution in [0.1, 0.15) is 34.1 Å². The molecule has 0 aliphatic carbocycles. The van der Waals surface area contributed by atoms with Crippen LogP contribution in [0.3, 0.4) is 0 Å². The topological polar surface area (TPSA) is 95.9 Å². The molecule has 1 atom stereocenters. The number of nitrogens with one attached hydrogen (secondary N) is 1. The van der Waals surface area contributed by atoms with E-state index in [9.17, 15) is 9.59 Å². The summed E-state index contributed by atoms with van der Waals surface area (Å²) < 4.78 is 4.96. The number of rotatable bonds is 6. The minimum atomic E-state index is -1.13. The van der Waals surface area contributed by atoms with Crippen molar-refractivity contribution in [2.24, 2.45) is 0 Å². The van der Waals surface area contributed by atoms with Crippen molar-refractivity contribution in [3.8, 4) is 5.75 Å². The van der Waals surface area contributed by atoms with Crippen molar-refractivity contribution < 1.29 is 24.5 Å². The molecule has 1 amide bonds. The van der Waals surface area contributed by atoms with E-state index in [-0.39, 0.29) is 23.8 Å². The van der Waals surface area contributed by atoms with E-state index in [2.05, 4.69) is 5.32 Å². The molecule has 1 aromatic carbocycles. The van der Waals surface area contributed by atoms with Crippen LogP contribution >= 0.6 is 0 Å². The fourth-order valence-electron chi connectivity index (χ4n) is 1.54. The first-order valence-corrected chi connectivity index (χ1v) is 5.82. The minimum Gasteiger partial charge on any atom is -0.497 e. The number of hydrogen-bond donors (Lipinski definition) is 3. The normalized spacial score (nSPS) is 11.7. The first kappa shape index (κ1) is 15.0. The van der Waals surface area contributed by atoms with Crippen LogP contribution in [-0.2, 0) is 0 Å². The van der Waals surface area contributed by atoms with Gasteiger partial charge in [0.1, 0.15) is 5.75 Å². The van der Waals surface area contributed by atoms with Gasteiger partial charge in [-0.15, -0.1) is 0 Å². The Labute approximate surface area is 111 Å². The number of carboxylic acids is 1. The summed E-state index contributed by atoms with van der Waals surface area (Å²) >= 11 is 0. The number of amides is 1. The number of aliphatic hydroxyl groups excluding tert-OH is 1. The molecule has 0 unspecified atom stereocenters. The molecule has 104 valence electrons. The summed E-state index contributed by atoms with van der Waals surface area (Å²) in [6, 6.07) is 3.90. The van der Waals surface area contributed by atoms with Gasteiger partial charge in [-0.3, -0.25) is 4.79 Å². The third kappa shape index (κ3) is 4.26. The number of benzene rings is 1. The van der Waals surface area contributed by atoms with Crippen LogP contribution in [0.25, 0.3) is 0 Å². The number of carbonyl (C=O) groups is 2. The van der Waals surface area contributed by atoms with Gasteiger partial charge in [0.05, 0.1) is 12.7 Å². The van der Waals surface area contributed by atoms with Crippen molar-refractivity contribution in [1.29, 1.82) is 0 Å². The van der Waals surface area contributed by atoms with Crippen LogP contribution in [0.5, 0.6) is 5.75 Å². The van der Waals surface area contributed by atoms with Crippen molar-refractivity contribution in [2.75, 3.05) is 13.7 Å². The van der Waals surface area contributed by atoms with Crippen LogP contribution in [0.15, 0.2) is 18.2 Å². The molecule has 19 heavy (non-hydrogen) atoms. The van der Waals surface area contributed by atoms with Gasteiger partial charge in [-0.2, -0.15) is 0 Å². The van der Waals surface area contributed by atoms with Crippen molar-refractivity contribution >= 4 is 11.9 Å². The molecule has 0 fully saturated rings. The molecule has 1 rings (SSSR count). The standard InChI is InChI=1S/C13H17NO5/c1-8(3-4-15)14-12(16)9-5-10(13(17)18)7-11(6-9)19-2/h5-8,15H,3-4H2,1-2H3,(H,14,16)(H,17,18)/t8-/m0/s1. The van der Waals surface area contributed by atoms with E-state index in [1.807, 2.05) is 0 Å². The Hall–Kier alpha value is -2.08. The van der Waals surface area contributed by atoms with E-state index < -0.39 is 11.9 Å². The number of ether oxygens (including phenoxy) is 1. The summed E-state index contributed by atoms with van der Waals surface area (Å²) in [4.78, 5) is 22.9. The molecule has 0 spiro atoms. The zero-order valence-electron chi connectivity index (χ0n) is 10.8. The molecule has 0 saturated carbocycles. The molecule has 3 N–H and O–H groups in total. The zero-order valence-corrected chi connectivity index (χ0v) is 10.8. The van der Waals surface area contributed by atoms with Crippen molar-refractivity contribution in [3.63, 3.8) is 0 Å². The summed E-state index contributed by atoms with van der Waals surface area (Å²) in [6.07, 6.45) is 0.432. The highest BCUT2D eigenvalue weighted by molar-refractivity contribution is 5.98. The lowest BCUT2D eigenvalue weighted by atomic mass is 10.1. The lowest BCUT2D eigenvalue weighted by Gasteiger charge is -2.13. The van der Waals surface area contributed by atoms with Crippen molar-refractivity contribution in [1.82, 2.24) is 5.32 Å². The number of hydrogen-bond acceptors (Lipinski definition) is 4. The molecule has 0 aliphatic heterocycles. The van der Waals surface area contributed by atoms with Gasteiger partial charge in [0, 0.05) is 18.2 Å². The molecule has 1 aromatic rings. The summed E-state index contributed by atoms with van der Waals surface area (Å²) in [7, 11) is 1.40. The molecule has 0 saturated heterocycles. The highest BCUT2D eigenvalue weighted by atomic mass is 16.5. The average Bonchev–Trinajstić information content (AvgIpc) is 2.38. The summed E-state index contributed by atoms with van der Waals surface area (Å²) in [5.41, 5.74) is 0.195. The van der Waals surface area contributed by atoms with E-state index >= 15 is 0 Å². The van der Waals surface area contributed by atoms with Crippen LogP contribution in [-0.4, -0.2) is 41.8 Å². The number of aromatic carboxylic acids is 1. The molecule has 6 heteroatoms. The van der Waals surface area contributed by atoms with Gasteiger partial charge in [0.2, 0.25) is 0 Å². The number of aliphatic hydroxyl groups is 1. The lowest BCUT2D eigenvalue weighted by Crippen LogP contribution is -2.33. The van der Waals surface area contributed by atoms with E-state index in [4.69, 9.17) is 14.9 Å². The maximum absolute atomic E-state index is 11.9. The molecule has 0 aliphatic rings. The van der Waals surface area contributed by atoms with Crippen LogP contribution in [0, 0.1) is 0 Å². The smallest absolute Gasteiger partial charge is 0.335 e. The second-order valence-electron chi connectivity index (χ2n) is 4.14. The van der Waals surface area contributed by atoms with Gasteiger partial charge in [-0.05, 0) is 31.5 Å². The van der Waals surface area contributed by atoms with Gasteiger partial charge in [-0.25, -0.2) is 4.79 Å². The highest BCUT2D eigenvalue weighted by Crippen LogP contribution is 2.17. The molecular formula is C13H17NO5. The summed E-state index contributed by atoms with van der Waals surface area (Å²) in [6.45, 7) is 1.73. The highest BCUT2D eigenvalue weighted by Gasteiger charge is 2.14. The fraction of sp³-hybridized carbons (Fsp3) is 0.385. The number of carboxylic acid groups (broad SMARTS) is 1. The quantitative estimate of drug-likeness (QED) is 0.711. The monoisotopic (exact) mass is 267 g/mol. The second kappa shape index (κ2) is 6.75. The number of carbonyl (C=O) groups excluding carboxylic acids is 1. The van der Waals surface area contributed by atoms with Gasteiger partial charge >= 0.3 is 5.97 Å². The largest absolute Gasteiger partial charge is 0.497 e. The Morgan fingerprint density at radius 3 is 2.47 bits per heavy atom. The van der Waals surface area contributed by atoms with Gasteiger partial charge in [0.25, 0.3) is 5.91 Å². The minimum absolute atomic E-state index is 0.0145. The van der Waals surface area contributed by atoms with Gasteiger partial charge < -0.3 is 20.3 Å². The van der Waals surface area contributed by atoms with Crippen LogP contribution < -0.4 is 10.1 Å². The SMILES string of the molecule is COc1cc(C(=O)O)cc(C(=O)N[C@@H](C)CCO)c1. The fourth-order valence-corrected chi connectivity index (χ4v) is 1.54. The Balaban J connectivity index is 2.95. The van der Waals surface area contributed by atoms with E-state index in [1.54, 1.807) is 6.92 Å². The Morgan fingerprint density at radius 1 is 1.32 bits per heavy atom. The summed E-state index contributed by atoms with van der Waals surface area (Å²) in [5.74, 6) is -1.22. The van der Waals surface area contributed by atoms with Gasteiger partial charge in [0.15, 0.2) is 0 Å². The van der Waals surface area contributed by atoms with E-state index in [0.29, 0.717) is 12.2 Å². The van der Waals surface area contributed by atoms with Crippen molar-refractivity contribution in [3.05, 3.63) is 29.3 Å². The molecule has 0 radical (unpaired) electrons.